The molecule has 5 nitrogen and oxygen atoms in total. The zero-order chi connectivity index (χ0) is 14.3. The highest BCUT2D eigenvalue weighted by molar-refractivity contribution is 5.91. The predicted molar refractivity (Wildman–Crippen MR) is 76.5 cm³/mol. The van der Waals surface area contributed by atoms with Crippen LogP contribution in [-0.2, 0) is 0 Å². The van der Waals surface area contributed by atoms with E-state index in [4.69, 9.17) is 10.5 Å². The lowest BCUT2D eigenvalue weighted by Crippen LogP contribution is -2.27. The van der Waals surface area contributed by atoms with Crippen LogP contribution in [0.3, 0.4) is 0 Å². The van der Waals surface area contributed by atoms with Gasteiger partial charge in [0.15, 0.2) is 0 Å². The van der Waals surface area contributed by atoms with Crippen molar-refractivity contribution in [1.82, 2.24) is 5.43 Å². The maximum atomic E-state index is 10.7. The van der Waals surface area contributed by atoms with E-state index in [0.717, 1.165) is 29.9 Å². The molecule has 0 aliphatic heterocycles. The van der Waals surface area contributed by atoms with Gasteiger partial charge in [-0.2, -0.15) is 5.10 Å². The van der Waals surface area contributed by atoms with E-state index in [9.17, 15) is 4.79 Å². The second kappa shape index (κ2) is 7.41. The molecule has 3 N–H and O–H groups in total. The highest BCUT2D eigenvalue weighted by atomic mass is 16.5. The summed E-state index contributed by atoms with van der Waals surface area (Å²) in [6.45, 7) is 4.10. The lowest BCUT2D eigenvalue weighted by Gasteiger charge is -2.17. The van der Waals surface area contributed by atoms with Gasteiger partial charge in [0.1, 0.15) is 5.75 Å². The number of benzene rings is 1. The molecule has 0 aliphatic carbocycles. The molecule has 0 aliphatic rings. The van der Waals surface area contributed by atoms with Gasteiger partial charge < -0.3 is 10.5 Å². The molecule has 0 saturated heterocycles. The number of nitrogens with zero attached hydrogens (tertiary/aromatic N) is 1. The zero-order valence-electron chi connectivity index (χ0n) is 11.6. The first-order valence-corrected chi connectivity index (χ1v) is 6.38. The van der Waals surface area contributed by atoms with Gasteiger partial charge in [-0.3, -0.25) is 0 Å². The van der Waals surface area contributed by atoms with E-state index in [1.165, 1.54) is 0 Å². The smallest absolute Gasteiger partial charge is 0.332 e. The van der Waals surface area contributed by atoms with Gasteiger partial charge in [0.2, 0.25) is 0 Å². The first kappa shape index (κ1) is 15.0. The normalized spacial score (nSPS) is 12.9. The molecule has 0 fully saturated rings. The highest BCUT2D eigenvalue weighted by Crippen LogP contribution is 2.24. The number of ether oxygens (including phenoxy) is 1. The number of nitrogens with one attached hydrogen (secondary N) is 1. The molecule has 19 heavy (non-hydrogen) atoms. The number of methoxy groups -OCH3 is 1. The Bertz CT molecular complexity index is 441. The maximum absolute atomic E-state index is 10.7. The van der Waals surface area contributed by atoms with Crippen molar-refractivity contribution in [2.24, 2.45) is 10.8 Å². The molecule has 1 rings (SSSR count). The molecule has 104 valence electrons. The van der Waals surface area contributed by atoms with E-state index in [1.54, 1.807) is 7.11 Å². The van der Waals surface area contributed by atoms with Gasteiger partial charge >= 0.3 is 6.03 Å². The van der Waals surface area contributed by atoms with E-state index in [-0.39, 0.29) is 5.92 Å². The van der Waals surface area contributed by atoms with E-state index in [0.29, 0.717) is 0 Å². The average Bonchev–Trinajstić information content (AvgIpc) is 2.43. The van der Waals surface area contributed by atoms with Crippen LogP contribution < -0.4 is 15.9 Å². The number of nitrogens with two attached hydrogens (primary N) is 1. The third kappa shape index (κ3) is 4.28. The quantitative estimate of drug-likeness (QED) is 0.611. The number of hydrogen-bond acceptors (Lipinski definition) is 3. The minimum absolute atomic E-state index is 0.169. The van der Waals surface area contributed by atoms with Crippen molar-refractivity contribution in [3.05, 3.63) is 29.8 Å². The van der Waals surface area contributed by atoms with Gasteiger partial charge in [0.25, 0.3) is 0 Å². The SMILES string of the molecule is CC/C(=N\NC(N)=O)[C@H](CC)c1ccc(OC)cc1. The molecule has 0 heterocycles. The fourth-order valence-electron chi connectivity index (χ4n) is 2.03. The molecule has 1 aromatic rings. The van der Waals surface area contributed by atoms with Crippen molar-refractivity contribution in [1.29, 1.82) is 0 Å². The Balaban J connectivity index is 2.95. The van der Waals surface area contributed by atoms with Crippen molar-refractivity contribution in [3.63, 3.8) is 0 Å². The molecule has 1 aromatic carbocycles. The summed E-state index contributed by atoms with van der Waals surface area (Å²) in [5.74, 6) is 0.992. The summed E-state index contributed by atoms with van der Waals surface area (Å²) < 4.78 is 5.14. The number of urea groups is 1. The lowest BCUT2D eigenvalue weighted by atomic mass is 9.90. The first-order valence-electron chi connectivity index (χ1n) is 6.38. The van der Waals surface area contributed by atoms with Crippen molar-refractivity contribution in [3.8, 4) is 5.75 Å². The molecule has 0 saturated carbocycles. The number of primary amides is 1. The van der Waals surface area contributed by atoms with E-state index < -0.39 is 6.03 Å². The second-order valence-electron chi connectivity index (χ2n) is 4.17. The Morgan fingerprint density at radius 1 is 1.37 bits per heavy atom. The number of hydrazone groups is 1. The van der Waals surface area contributed by atoms with Crippen LogP contribution in [0.1, 0.15) is 38.2 Å². The van der Waals surface area contributed by atoms with Crippen LogP contribution in [0, 0.1) is 0 Å². The zero-order valence-corrected chi connectivity index (χ0v) is 11.6. The number of carbonyl (C=O) groups excluding carboxylic acids is 1. The van der Waals surface area contributed by atoms with Crippen molar-refractivity contribution in [2.45, 2.75) is 32.6 Å². The number of rotatable bonds is 6. The number of hydrogen-bond donors (Lipinski definition) is 2. The van der Waals surface area contributed by atoms with Gasteiger partial charge in [0.05, 0.1) is 7.11 Å². The van der Waals surface area contributed by atoms with Gasteiger partial charge in [-0.1, -0.05) is 26.0 Å². The molecular formula is C14H21N3O2. The molecule has 0 spiro atoms. The maximum Gasteiger partial charge on any atom is 0.332 e. The van der Waals surface area contributed by atoms with Crippen LogP contribution in [0.2, 0.25) is 0 Å². The highest BCUT2D eigenvalue weighted by Gasteiger charge is 2.15. The molecule has 0 aromatic heterocycles. The summed E-state index contributed by atoms with van der Waals surface area (Å²) >= 11 is 0. The van der Waals surface area contributed by atoms with Gasteiger partial charge in [-0.25, -0.2) is 10.2 Å². The summed E-state index contributed by atoms with van der Waals surface area (Å²) in [4.78, 5) is 10.7. The Morgan fingerprint density at radius 3 is 2.42 bits per heavy atom. The summed E-state index contributed by atoms with van der Waals surface area (Å²) in [6, 6.07) is 7.24. The van der Waals surface area contributed by atoms with E-state index in [1.807, 2.05) is 31.2 Å². The lowest BCUT2D eigenvalue weighted by molar-refractivity contribution is 0.249. The van der Waals surface area contributed by atoms with Gasteiger partial charge in [0, 0.05) is 11.6 Å². The predicted octanol–water partition coefficient (Wildman–Crippen LogP) is 2.62. The fourth-order valence-corrected chi connectivity index (χ4v) is 2.03. The Hall–Kier alpha value is -2.04. The average molecular weight is 263 g/mol. The summed E-state index contributed by atoms with van der Waals surface area (Å²) in [7, 11) is 1.64. The van der Waals surface area contributed by atoms with Crippen LogP contribution in [0.4, 0.5) is 4.79 Å². The second-order valence-corrected chi connectivity index (χ2v) is 4.17. The van der Waals surface area contributed by atoms with E-state index >= 15 is 0 Å². The third-order valence-electron chi connectivity index (χ3n) is 3.00. The van der Waals surface area contributed by atoms with Crippen LogP contribution in [0.15, 0.2) is 29.4 Å². The number of amides is 2. The summed E-state index contributed by atoms with van der Waals surface area (Å²) in [5, 5.41) is 4.09. The Labute approximate surface area is 113 Å². The fraction of sp³-hybridized carbons (Fsp3) is 0.429. The molecule has 0 radical (unpaired) electrons. The minimum Gasteiger partial charge on any atom is -0.497 e. The molecular weight excluding hydrogens is 242 g/mol. The minimum atomic E-state index is -0.643. The molecule has 0 bridgehead atoms. The van der Waals surface area contributed by atoms with Crippen molar-refractivity contribution in [2.75, 3.05) is 7.11 Å². The Kier molecular flexibility index (Phi) is 5.85. The molecule has 2 amide bonds. The standard InChI is InChI=1S/C14H21N3O2/c1-4-12(13(5-2)16-17-14(15)18)10-6-8-11(19-3)9-7-10/h6-9,12H,4-5H2,1-3H3,(H3,15,17,18)/b16-13+/t12-/m1/s1. The summed E-state index contributed by atoms with van der Waals surface area (Å²) in [5.41, 5.74) is 9.40. The third-order valence-corrected chi connectivity index (χ3v) is 3.00. The number of carbonyl (C=O) groups is 1. The van der Waals surface area contributed by atoms with Gasteiger partial charge in [-0.15, -0.1) is 0 Å². The van der Waals surface area contributed by atoms with Crippen LogP contribution in [0.25, 0.3) is 0 Å². The van der Waals surface area contributed by atoms with E-state index in [2.05, 4.69) is 17.5 Å². The topological polar surface area (TPSA) is 76.7 Å². The largest absolute Gasteiger partial charge is 0.497 e. The summed E-state index contributed by atoms with van der Waals surface area (Å²) in [6.07, 6.45) is 1.66. The molecule has 1 atom stereocenters. The van der Waals surface area contributed by atoms with Crippen LogP contribution in [0.5, 0.6) is 5.75 Å². The molecule has 5 heteroatoms. The van der Waals surface area contributed by atoms with Crippen LogP contribution in [-0.4, -0.2) is 18.9 Å². The van der Waals surface area contributed by atoms with Crippen molar-refractivity contribution >= 4 is 11.7 Å². The van der Waals surface area contributed by atoms with Gasteiger partial charge in [-0.05, 0) is 30.5 Å². The Morgan fingerprint density at radius 2 is 2.00 bits per heavy atom. The first-order chi connectivity index (χ1) is 9.12. The monoisotopic (exact) mass is 263 g/mol. The van der Waals surface area contributed by atoms with Crippen LogP contribution >= 0.6 is 0 Å². The molecule has 0 unspecified atom stereocenters. The van der Waals surface area contributed by atoms with Crippen molar-refractivity contribution < 1.29 is 9.53 Å².